The van der Waals surface area contributed by atoms with Crippen LogP contribution < -0.4 is 10.7 Å². The zero-order valence-corrected chi connectivity index (χ0v) is 16.0. The number of hydrogen-bond acceptors (Lipinski definition) is 6. The normalized spacial score (nSPS) is 10.8. The van der Waals surface area contributed by atoms with Crippen LogP contribution in [0.1, 0.15) is 28.8 Å². The molecular weight excluding hydrogens is 378 g/mol. The van der Waals surface area contributed by atoms with Gasteiger partial charge >= 0.3 is 5.97 Å². The van der Waals surface area contributed by atoms with Crippen molar-refractivity contribution in [2.45, 2.75) is 13.5 Å². The van der Waals surface area contributed by atoms with Crippen LogP contribution >= 0.6 is 12.2 Å². The number of esters is 1. The van der Waals surface area contributed by atoms with Crippen LogP contribution in [0.2, 0.25) is 0 Å². The van der Waals surface area contributed by atoms with Gasteiger partial charge in [-0.15, -0.1) is 0 Å². The number of furan rings is 2. The minimum absolute atomic E-state index is 0.344. The number of hydrogen-bond donors (Lipinski definition) is 2. The van der Waals surface area contributed by atoms with Gasteiger partial charge in [0.1, 0.15) is 17.3 Å². The molecule has 7 nitrogen and oxygen atoms in total. The minimum atomic E-state index is -0.344. The van der Waals surface area contributed by atoms with Gasteiger partial charge in [-0.25, -0.2) is 4.79 Å². The Bertz CT molecular complexity index is 946. The summed E-state index contributed by atoms with van der Waals surface area (Å²) in [5.74, 6) is 1.66. The molecule has 0 saturated carbocycles. The Balaban J connectivity index is 1.52. The molecule has 2 N–H and O–H groups in total. The lowest BCUT2D eigenvalue weighted by Gasteiger charge is -2.04. The van der Waals surface area contributed by atoms with Crippen molar-refractivity contribution < 1.29 is 18.4 Å². The number of benzene rings is 1. The highest BCUT2D eigenvalue weighted by Gasteiger charge is 2.08. The quantitative estimate of drug-likeness (QED) is 0.272. The first-order chi connectivity index (χ1) is 13.7. The van der Waals surface area contributed by atoms with Crippen molar-refractivity contribution in [2.75, 3.05) is 6.61 Å². The fourth-order valence-electron chi connectivity index (χ4n) is 2.34. The van der Waals surface area contributed by atoms with Crippen LogP contribution in [0.5, 0.6) is 0 Å². The number of thiocarbonyl (C=S) groups is 1. The minimum Gasteiger partial charge on any atom is -0.467 e. The van der Waals surface area contributed by atoms with Gasteiger partial charge in [0.25, 0.3) is 0 Å². The number of ether oxygens (including phenoxy) is 1. The molecule has 0 aliphatic heterocycles. The van der Waals surface area contributed by atoms with Gasteiger partial charge in [0, 0.05) is 5.56 Å². The maximum atomic E-state index is 11.7. The van der Waals surface area contributed by atoms with E-state index < -0.39 is 0 Å². The van der Waals surface area contributed by atoms with Crippen molar-refractivity contribution in [3.63, 3.8) is 0 Å². The molecular formula is C20H19N3O4S. The van der Waals surface area contributed by atoms with E-state index in [1.807, 2.05) is 18.2 Å². The zero-order chi connectivity index (χ0) is 19.8. The fourth-order valence-corrected chi connectivity index (χ4v) is 2.46. The monoisotopic (exact) mass is 397 g/mol. The summed E-state index contributed by atoms with van der Waals surface area (Å²) >= 11 is 5.13. The molecule has 0 amide bonds. The third kappa shape index (κ3) is 5.31. The molecule has 0 radical (unpaired) electrons. The molecule has 2 aromatic heterocycles. The summed E-state index contributed by atoms with van der Waals surface area (Å²) < 4.78 is 15.9. The number of nitrogens with zero attached hydrogens (tertiary/aromatic N) is 1. The summed E-state index contributed by atoms with van der Waals surface area (Å²) in [7, 11) is 0. The second kappa shape index (κ2) is 9.52. The van der Waals surface area contributed by atoms with E-state index in [9.17, 15) is 4.79 Å². The van der Waals surface area contributed by atoms with E-state index in [1.54, 1.807) is 43.5 Å². The molecule has 0 atom stereocenters. The first-order valence-electron chi connectivity index (χ1n) is 8.62. The van der Waals surface area contributed by atoms with E-state index >= 15 is 0 Å². The van der Waals surface area contributed by atoms with Crippen molar-refractivity contribution in [2.24, 2.45) is 5.10 Å². The predicted molar refractivity (Wildman–Crippen MR) is 109 cm³/mol. The molecule has 0 bridgehead atoms. The molecule has 8 heteroatoms. The predicted octanol–water partition coefficient (Wildman–Crippen LogP) is 3.71. The third-order valence-corrected chi connectivity index (χ3v) is 3.90. The van der Waals surface area contributed by atoms with Gasteiger partial charge in [-0.3, -0.25) is 5.43 Å². The number of carbonyl (C=O) groups excluding carboxylic acids is 1. The van der Waals surface area contributed by atoms with Crippen LogP contribution in [0.15, 0.2) is 68.7 Å². The molecule has 1 aromatic carbocycles. The maximum Gasteiger partial charge on any atom is 0.338 e. The van der Waals surface area contributed by atoms with Gasteiger partial charge in [0.15, 0.2) is 5.11 Å². The second-order valence-corrected chi connectivity index (χ2v) is 6.04. The van der Waals surface area contributed by atoms with Gasteiger partial charge in [-0.2, -0.15) is 5.10 Å². The Hall–Kier alpha value is -3.39. The number of rotatable bonds is 7. The summed E-state index contributed by atoms with van der Waals surface area (Å²) in [5.41, 5.74) is 4.05. The van der Waals surface area contributed by atoms with E-state index in [1.165, 1.54) is 6.21 Å². The topological polar surface area (TPSA) is 89.0 Å². The Morgan fingerprint density at radius 2 is 2.04 bits per heavy atom. The largest absolute Gasteiger partial charge is 0.467 e. The van der Waals surface area contributed by atoms with Crippen LogP contribution in [0.4, 0.5) is 0 Å². The van der Waals surface area contributed by atoms with Gasteiger partial charge < -0.3 is 18.9 Å². The summed E-state index contributed by atoms with van der Waals surface area (Å²) in [6.07, 6.45) is 3.13. The average molecular weight is 397 g/mol. The molecule has 0 saturated heterocycles. The Labute approximate surface area is 167 Å². The average Bonchev–Trinajstić information content (AvgIpc) is 3.39. The number of carbonyl (C=O) groups is 1. The molecule has 3 aromatic rings. The van der Waals surface area contributed by atoms with Gasteiger partial charge in [0.05, 0.1) is 31.2 Å². The lowest BCUT2D eigenvalue weighted by atomic mass is 10.1. The molecule has 0 spiro atoms. The zero-order valence-electron chi connectivity index (χ0n) is 15.2. The van der Waals surface area contributed by atoms with Crippen LogP contribution in [0.3, 0.4) is 0 Å². The maximum absolute atomic E-state index is 11.7. The highest BCUT2D eigenvalue weighted by Crippen LogP contribution is 2.22. The lowest BCUT2D eigenvalue weighted by molar-refractivity contribution is 0.0526. The number of nitrogens with one attached hydrogen (secondary N) is 2. The molecule has 0 aliphatic carbocycles. The summed E-state index contributed by atoms with van der Waals surface area (Å²) in [5, 5.41) is 7.38. The Kier molecular flexibility index (Phi) is 6.59. The first kappa shape index (κ1) is 19.4. The van der Waals surface area contributed by atoms with Crippen LogP contribution in [-0.2, 0) is 11.3 Å². The van der Waals surface area contributed by atoms with Crippen LogP contribution in [0.25, 0.3) is 11.3 Å². The van der Waals surface area contributed by atoms with E-state index in [4.69, 9.17) is 25.8 Å². The fraction of sp³-hybridized carbons (Fsp3) is 0.150. The number of hydrazone groups is 1. The Morgan fingerprint density at radius 3 is 2.75 bits per heavy atom. The molecule has 28 heavy (non-hydrogen) atoms. The van der Waals surface area contributed by atoms with E-state index in [2.05, 4.69) is 15.8 Å². The molecule has 144 valence electrons. The van der Waals surface area contributed by atoms with Crippen molar-refractivity contribution in [1.82, 2.24) is 10.7 Å². The molecule has 0 aliphatic rings. The Morgan fingerprint density at radius 1 is 1.21 bits per heavy atom. The first-order valence-corrected chi connectivity index (χ1v) is 9.03. The van der Waals surface area contributed by atoms with E-state index in [-0.39, 0.29) is 5.97 Å². The summed E-state index contributed by atoms with van der Waals surface area (Å²) in [6.45, 7) is 2.59. The molecule has 3 rings (SSSR count). The highest BCUT2D eigenvalue weighted by atomic mass is 32.1. The lowest BCUT2D eigenvalue weighted by Crippen LogP contribution is -2.31. The van der Waals surface area contributed by atoms with Gasteiger partial charge in [-0.1, -0.05) is 12.1 Å². The molecule has 0 fully saturated rings. The van der Waals surface area contributed by atoms with Gasteiger partial charge in [-0.05, 0) is 55.5 Å². The molecule has 2 heterocycles. The van der Waals surface area contributed by atoms with Gasteiger partial charge in [0.2, 0.25) is 0 Å². The second-order valence-electron chi connectivity index (χ2n) is 5.63. The van der Waals surface area contributed by atoms with E-state index in [0.717, 1.165) is 11.3 Å². The van der Waals surface area contributed by atoms with Crippen molar-refractivity contribution in [3.8, 4) is 11.3 Å². The SMILES string of the molecule is CCOC(=O)c1ccc(-c2ccc(/C=N/NC(=S)NCc3ccco3)o2)cc1. The van der Waals surface area contributed by atoms with Crippen LogP contribution in [0, 0.1) is 0 Å². The standard InChI is InChI=1S/C20H19N3O4S/c1-2-25-19(24)15-7-5-14(6-8-15)18-10-9-17(27-18)13-22-23-20(28)21-12-16-4-3-11-26-16/h3-11,13H,2,12H2,1H3,(H2,21,23,28)/b22-13+. The smallest absolute Gasteiger partial charge is 0.338 e. The highest BCUT2D eigenvalue weighted by molar-refractivity contribution is 7.80. The van der Waals surface area contributed by atoms with Crippen molar-refractivity contribution >= 4 is 29.5 Å². The molecule has 0 unspecified atom stereocenters. The summed E-state index contributed by atoms with van der Waals surface area (Å²) in [4.78, 5) is 11.7. The van der Waals surface area contributed by atoms with Crippen LogP contribution in [-0.4, -0.2) is 23.9 Å². The van der Waals surface area contributed by atoms with Crippen molar-refractivity contribution in [3.05, 3.63) is 71.9 Å². The van der Waals surface area contributed by atoms with E-state index in [0.29, 0.717) is 35.3 Å². The third-order valence-electron chi connectivity index (χ3n) is 3.67. The van der Waals surface area contributed by atoms with Crippen molar-refractivity contribution in [1.29, 1.82) is 0 Å². The summed E-state index contributed by atoms with van der Waals surface area (Å²) in [6, 6.07) is 14.3.